The van der Waals surface area contributed by atoms with Gasteiger partial charge < -0.3 is 4.90 Å². The molecule has 0 atom stereocenters. The summed E-state index contributed by atoms with van der Waals surface area (Å²) in [5.74, 6) is 0. The van der Waals surface area contributed by atoms with E-state index in [1.807, 2.05) is 0 Å². The second kappa shape index (κ2) is 14.5. The van der Waals surface area contributed by atoms with Gasteiger partial charge in [0.2, 0.25) is 0 Å². The van der Waals surface area contributed by atoms with Gasteiger partial charge >= 0.3 is 0 Å². The topological polar surface area (TPSA) is 3.24 Å². The maximum Gasteiger partial charge on any atom is 0.0462 e. The van der Waals surface area contributed by atoms with E-state index < -0.39 is 0 Å². The zero-order chi connectivity index (χ0) is 34.7. The van der Waals surface area contributed by atoms with Gasteiger partial charge in [0.1, 0.15) is 0 Å². The van der Waals surface area contributed by atoms with Crippen molar-refractivity contribution < 1.29 is 0 Å². The van der Waals surface area contributed by atoms with Gasteiger partial charge in [-0.2, -0.15) is 0 Å². The fourth-order valence-corrected chi connectivity index (χ4v) is 8.31. The lowest BCUT2D eigenvalue weighted by atomic mass is 10.0. The Kier molecular flexibility index (Phi) is 9.01. The van der Waals surface area contributed by atoms with Crippen LogP contribution in [0.5, 0.6) is 0 Å². The van der Waals surface area contributed by atoms with Gasteiger partial charge in [0.15, 0.2) is 0 Å². The average molecular weight is 672 g/mol. The molecule has 3 aliphatic carbocycles. The molecule has 0 saturated carbocycles. The molecule has 1 heteroatoms. The van der Waals surface area contributed by atoms with Crippen LogP contribution in [-0.2, 0) is 38.5 Å². The number of rotatable bonds is 9. The van der Waals surface area contributed by atoms with E-state index in [-0.39, 0.29) is 0 Å². The maximum atomic E-state index is 2.37. The molecule has 0 N–H and O–H groups in total. The van der Waals surface area contributed by atoms with Crippen LogP contribution in [-0.4, -0.2) is 0 Å². The van der Waals surface area contributed by atoms with Crippen LogP contribution in [0.3, 0.4) is 0 Å². The van der Waals surface area contributed by atoms with Gasteiger partial charge in [-0.15, -0.1) is 0 Å². The third-order valence-electron chi connectivity index (χ3n) is 11.2. The van der Waals surface area contributed by atoms with Crippen molar-refractivity contribution in [3.63, 3.8) is 0 Å². The first kappa shape index (κ1) is 32.3. The van der Waals surface area contributed by atoms with E-state index in [0.29, 0.717) is 0 Å². The van der Waals surface area contributed by atoms with Crippen LogP contribution >= 0.6 is 0 Å². The lowest BCUT2D eigenvalue weighted by Gasteiger charge is -2.26. The van der Waals surface area contributed by atoms with Crippen LogP contribution in [0.4, 0.5) is 17.1 Å². The Labute approximate surface area is 309 Å². The Morgan fingerprint density at radius 1 is 0.269 bits per heavy atom. The molecule has 0 spiro atoms. The van der Waals surface area contributed by atoms with Crippen molar-refractivity contribution in [3.8, 4) is 0 Å². The summed E-state index contributed by atoms with van der Waals surface area (Å²) in [4.78, 5) is 2.36. The van der Waals surface area contributed by atoms with Gasteiger partial charge in [-0.05, 0) is 161 Å². The summed E-state index contributed by atoms with van der Waals surface area (Å²) in [6.07, 6.45) is 24.6. The molecule has 254 valence electrons. The van der Waals surface area contributed by atoms with Crippen molar-refractivity contribution in [1.82, 2.24) is 0 Å². The normalized spacial score (nSPS) is 14.8. The summed E-state index contributed by atoms with van der Waals surface area (Å²) in [6.45, 7) is 0. The van der Waals surface area contributed by atoms with Crippen LogP contribution in [0, 0.1) is 0 Å². The standard InChI is InChI=1S/C51H45N/c1-4-43-25-16-40(34-46(43)7-1)13-10-37-19-28-49(29-20-37)52(50-30-21-38(22-31-50)11-14-41-17-26-44-5-2-8-47(44)35-41)51-32-23-39(24-33-51)12-15-42-18-27-45-6-3-9-48(45)36-42/h10-36H,1-9H2/b13-10+,14-11+,15-12+. The zero-order valence-corrected chi connectivity index (χ0v) is 29.9. The van der Waals surface area contributed by atoms with E-state index in [1.165, 1.54) is 125 Å². The fraction of sp³-hybridized carbons (Fsp3) is 0.176. The molecule has 52 heavy (non-hydrogen) atoms. The van der Waals surface area contributed by atoms with Crippen LogP contribution in [0.2, 0.25) is 0 Å². The van der Waals surface area contributed by atoms with Crippen molar-refractivity contribution in [1.29, 1.82) is 0 Å². The Morgan fingerprint density at radius 2 is 0.519 bits per heavy atom. The third kappa shape index (κ3) is 7.10. The molecule has 0 aliphatic heterocycles. The highest BCUT2D eigenvalue weighted by atomic mass is 15.1. The van der Waals surface area contributed by atoms with E-state index in [9.17, 15) is 0 Å². The molecule has 6 aromatic rings. The number of fused-ring (bicyclic) bond motifs is 3. The van der Waals surface area contributed by atoms with Crippen LogP contribution in [0.1, 0.15) is 86.0 Å². The number of benzene rings is 6. The lowest BCUT2D eigenvalue weighted by Crippen LogP contribution is -2.09. The Bertz CT molecular complexity index is 2030. The summed E-state index contributed by atoms with van der Waals surface area (Å²) >= 11 is 0. The van der Waals surface area contributed by atoms with Crippen LogP contribution in [0.15, 0.2) is 127 Å². The van der Waals surface area contributed by atoms with Gasteiger partial charge in [0.25, 0.3) is 0 Å². The van der Waals surface area contributed by atoms with E-state index in [1.54, 1.807) is 0 Å². The average Bonchev–Trinajstić information content (AvgIpc) is 3.98. The molecule has 0 bridgehead atoms. The highest BCUT2D eigenvalue weighted by Crippen LogP contribution is 2.36. The van der Waals surface area contributed by atoms with E-state index in [0.717, 1.165) is 17.1 Å². The number of hydrogen-bond donors (Lipinski definition) is 0. The predicted molar refractivity (Wildman–Crippen MR) is 223 cm³/mol. The highest BCUT2D eigenvalue weighted by molar-refractivity contribution is 5.81. The minimum atomic E-state index is 1.14. The Morgan fingerprint density at radius 3 is 0.827 bits per heavy atom. The maximum absolute atomic E-state index is 2.37. The summed E-state index contributed by atoms with van der Waals surface area (Å²) in [7, 11) is 0. The quantitative estimate of drug-likeness (QED) is 0.138. The van der Waals surface area contributed by atoms with Gasteiger partial charge in [-0.1, -0.05) is 127 Å². The molecule has 3 aliphatic rings. The first-order chi connectivity index (χ1) is 25.7. The van der Waals surface area contributed by atoms with Crippen molar-refractivity contribution in [2.75, 3.05) is 4.90 Å². The van der Waals surface area contributed by atoms with E-state index >= 15 is 0 Å². The minimum Gasteiger partial charge on any atom is -0.311 e. The first-order valence-electron chi connectivity index (χ1n) is 19.2. The minimum absolute atomic E-state index is 1.14. The summed E-state index contributed by atoms with van der Waals surface area (Å²) in [5, 5.41) is 0. The second-order valence-electron chi connectivity index (χ2n) is 14.8. The predicted octanol–water partition coefficient (Wildman–Crippen LogP) is 13.1. The molecule has 0 amide bonds. The van der Waals surface area contributed by atoms with Gasteiger partial charge in [-0.3, -0.25) is 0 Å². The van der Waals surface area contributed by atoms with Crippen molar-refractivity contribution in [2.24, 2.45) is 0 Å². The first-order valence-corrected chi connectivity index (χ1v) is 19.2. The second-order valence-corrected chi connectivity index (χ2v) is 14.8. The Balaban J connectivity index is 0.972. The smallest absolute Gasteiger partial charge is 0.0462 e. The highest BCUT2D eigenvalue weighted by Gasteiger charge is 2.14. The number of nitrogens with zero attached hydrogens (tertiary/aromatic N) is 1. The molecule has 0 fully saturated rings. The molecule has 0 saturated heterocycles. The van der Waals surface area contributed by atoms with Crippen LogP contribution < -0.4 is 4.90 Å². The lowest BCUT2D eigenvalue weighted by molar-refractivity contribution is 0.912. The van der Waals surface area contributed by atoms with Gasteiger partial charge in [-0.25, -0.2) is 0 Å². The fourth-order valence-electron chi connectivity index (χ4n) is 8.31. The van der Waals surface area contributed by atoms with E-state index in [4.69, 9.17) is 0 Å². The molecule has 0 heterocycles. The van der Waals surface area contributed by atoms with Gasteiger partial charge in [0, 0.05) is 17.1 Å². The molecule has 0 aromatic heterocycles. The summed E-state index contributed by atoms with van der Waals surface area (Å²) in [6, 6.07) is 47.6. The SMILES string of the molecule is C(=C\c1ccc2c(c1)CCC2)/c1ccc(N(c2ccc(/C=C/c3ccc4c(c3)CCC4)cc2)c2ccc(/C=C/c3ccc4c(c3)CCC4)cc2)cc1. The van der Waals surface area contributed by atoms with Gasteiger partial charge in [0.05, 0.1) is 0 Å². The molecular formula is C51H45N. The monoisotopic (exact) mass is 671 g/mol. The third-order valence-corrected chi connectivity index (χ3v) is 11.2. The van der Waals surface area contributed by atoms with E-state index in [2.05, 4.69) is 169 Å². The Hall–Kier alpha value is -5.66. The molecular weight excluding hydrogens is 627 g/mol. The number of aryl methyl sites for hydroxylation is 6. The molecule has 1 nitrogen and oxygen atoms in total. The molecule has 0 unspecified atom stereocenters. The number of anilines is 3. The summed E-state index contributed by atoms with van der Waals surface area (Å²) in [5.41, 5.74) is 20.0. The van der Waals surface area contributed by atoms with Crippen molar-refractivity contribution in [2.45, 2.75) is 57.8 Å². The molecule has 9 rings (SSSR count). The van der Waals surface area contributed by atoms with Crippen molar-refractivity contribution in [3.05, 3.63) is 194 Å². The largest absolute Gasteiger partial charge is 0.311 e. The van der Waals surface area contributed by atoms with Crippen LogP contribution in [0.25, 0.3) is 36.5 Å². The number of hydrogen-bond acceptors (Lipinski definition) is 1. The zero-order valence-electron chi connectivity index (χ0n) is 29.9. The van der Waals surface area contributed by atoms with Crippen molar-refractivity contribution >= 4 is 53.5 Å². The molecule has 6 aromatic carbocycles. The molecule has 0 radical (unpaired) electrons. The summed E-state index contributed by atoms with van der Waals surface area (Å²) < 4.78 is 0.